The number of ether oxygens (including phenoxy) is 1. The van der Waals surface area contributed by atoms with Gasteiger partial charge in [-0.3, -0.25) is 9.59 Å². The standard InChI is InChI=1S/C18H19FN2O3/c1-24-16(13-7-3-2-4-8-13)18(23)21-15(17(20)22)11-12-6-5-9-14(19)10-12/h2-10,15-16H,11H2,1H3,(H2,20,22)(H,21,23)/t15-,16+/m1/s1. The second kappa shape index (κ2) is 8.21. The van der Waals surface area contributed by atoms with Crippen LogP contribution in [-0.2, 0) is 20.7 Å². The van der Waals surface area contributed by atoms with Crippen LogP contribution in [0.2, 0.25) is 0 Å². The lowest BCUT2D eigenvalue weighted by molar-refractivity contribution is -0.134. The van der Waals surface area contributed by atoms with Crippen molar-refractivity contribution >= 4 is 11.8 Å². The Kier molecular flexibility index (Phi) is 6.03. The molecule has 2 aromatic carbocycles. The van der Waals surface area contributed by atoms with E-state index in [-0.39, 0.29) is 6.42 Å². The van der Waals surface area contributed by atoms with Gasteiger partial charge in [0.1, 0.15) is 11.9 Å². The first-order valence-corrected chi connectivity index (χ1v) is 7.43. The van der Waals surface area contributed by atoms with E-state index in [4.69, 9.17) is 10.5 Å². The molecule has 2 atom stereocenters. The number of methoxy groups -OCH3 is 1. The summed E-state index contributed by atoms with van der Waals surface area (Å²) in [7, 11) is 1.41. The van der Waals surface area contributed by atoms with E-state index in [1.807, 2.05) is 6.07 Å². The first-order chi connectivity index (χ1) is 11.5. The van der Waals surface area contributed by atoms with E-state index < -0.39 is 29.8 Å². The van der Waals surface area contributed by atoms with Crippen LogP contribution < -0.4 is 11.1 Å². The van der Waals surface area contributed by atoms with Gasteiger partial charge in [0.2, 0.25) is 5.91 Å². The minimum absolute atomic E-state index is 0.101. The number of carbonyl (C=O) groups is 2. The van der Waals surface area contributed by atoms with Crippen LogP contribution in [0.15, 0.2) is 54.6 Å². The van der Waals surface area contributed by atoms with Crippen LogP contribution in [0.5, 0.6) is 0 Å². The van der Waals surface area contributed by atoms with Crippen molar-refractivity contribution in [1.29, 1.82) is 0 Å². The Bertz CT molecular complexity index is 706. The third-order valence-corrected chi connectivity index (χ3v) is 3.56. The van der Waals surface area contributed by atoms with E-state index in [1.54, 1.807) is 30.3 Å². The summed E-state index contributed by atoms with van der Waals surface area (Å²) in [6, 6.07) is 13.7. The van der Waals surface area contributed by atoms with Crippen molar-refractivity contribution in [2.24, 2.45) is 5.73 Å². The summed E-state index contributed by atoms with van der Waals surface area (Å²) in [6.07, 6.45) is -0.759. The highest BCUT2D eigenvalue weighted by atomic mass is 19.1. The molecule has 0 aromatic heterocycles. The molecule has 0 heterocycles. The van der Waals surface area contributed by atoms with Crippen molar-refractivity contribution in [2.45, 2.75) is 18.6 Å². The summed E-state index contributed by atoms with van der Waals surface area (Å²) in [6.45, 7) is 0. The van der Waals surface area contributed by atoms with Crippen LogP contribution in [0.25, 0.3) is 0 Å². The quantitative estimate of drug-likeness (QED) is 0.811. The van der Waals surface area contributed by atoms with E-state index in [9.17, 15) is 14.0 Å². The van der Waals surface area contributed by atoms with Crippen LogP contribution >= 0.6 is 0 Å². The smallest absolute Gasteiger partial charge is 0.254 e. The minimum atomic E-state index is -0.958. The number of hydrogen-bond donors (Lipinski definition) is 2. The molecular weight excluding hydrogens is 311 g/mol. The molecule has 126 valence electrons. The Morgan fingerprint density at radius 3 is 2.46 bits per heavy atom. The molecule has 6 heteroatoms. The van der Waals surface area contributed by atoms with Crippen molar-refractivity contribution in [3.05, 3.63) is 71.5 Å². The second-order valence-electron chi connectivity index (χ2n) is 5.32. The molecule has 5 nitrogen and oxygen atoms in total. The average Bonchev–Trinajstić information content (AvgIpc) is 2.56. The van der Waals surface area contributed by atoms with Gasteiger partial charge in [-0.15, -0.1) is 0 Å². The number of halogens is 1. The van der Waals surface area contributed by atoms with Crippen molar-refractivity contribution in [2.75, 3.05) is 7.11 Å². The molecule has 0 aliphatic rings. The predicted octanol–water partition coefficient (Wildman–Crippen LogP) is 1.73. The molecule has 3 N–H and O–H groups in total. The molecule has 0 radical (unpaired) electrons. The summed E-state index contributed by atoms with van der Waals surface area (Å²) < 4.78 is 18.5. The van der Waals surface area contributed by atoms with Crippen LogP contribution in [0.3, 0.4) is 0 Å². The molecular formula is C18H19FN2O3. The molecule has 2 aromatic rings. The normalized spacial score (nSPS) is 13.1. The van der Waals surface area contributed by atoms with Crippen molar-refractivity contribution in [3.8, 4) is 0 Å². The Labute approximate surface area is 139 Å². The molecule has 24 heavy (non-hydrogen) atoms. The summed E-state index contributed by atoms with van der Waals surface area (Å²) >= 11 is 0. The number of benzene rings is 2. The molecule has 0 aliphatic heterocycles. The van der Waals surface area contributed by atoms with Gasteiger partial charge in [-0.25, -0.2) is 4.39 Å². The lowest BCUT2D eigenvalue weighted by Gasteiger charge is -2.20. The summed E-state index contributed by atoms with van der Waals surface area (Å²) in [5.41, 5.74) is 6.58. The van der Waals surface area contributed by atoms with Crippen LogP contribution in [-0.4, -0.2) is 25.0 Å². The molecule has 0 aliphatic carbocycles. The van der Waals surface area contributed by atoms with Crippen LogP contribution in [0.4, 0.5) is 4.39 Å². The summed E-state index contributed by atoms with van der Waals surface area (Å²) in [5.74, 6) is -1.60. The zero-order chi connectivity index (χ0) is 17.5. The summed E-state index contributed by atoms with van der Waals surface area (Å²) in [5, 5.41) is 2.57. The van der Waals surface area contributed by atoms with E-state index in [0.29, 0.717) is 11.1 Å². The number of amides is 2. The Hall–Kier alpha value is -2.73. The average molecular weight is 330 g/mol. The number of carbonyl (C=O) groups excluding carboxylic acids is 2. The maximum atomic E-state index is 13.3. The summed E-state index contributed by atoms with van der Waals surface area (Å²) in [4.78, 5) is 24.1. The van der Waals surface area contributed by atoms with Gasteiger partial charge in [0, 0.05) is 13.5 Å². The topological polar surface area (TPSA) is 81.4 Å². The molecule has 2 amide bonds. The first kappa shape index (κ1) is 17.6. The molecule has 0 saturated heterocycles. The van der Waals surface area contributed by atoms with Gasteiger partial charge < -0.3 is 15.8 Å². The van der Waals surface area contributed by atoms with Gasteiger partial charge in [-0.2, -0.15) is 0 Å². The maximum Gasteiger partial charge on any atom is 0.254 e. The fraction of sp³-hybridized carbons (Fsp3) is 0.222. The SMILES string of the molecule is CO[C@H](C(=O)N[C@H](Cc1cccc(F)c1)C(N)=O)c1ccccc1. The van der Waals surface area contributed by atoms with Gasteiger partial charge in [0.05, 0.1) is 0 Å². The Morgan fingerprint density at radius 2 is 1.88 bits per heavy atom. The van der Waals surface area contributed by atoms with Gasteiger partial charge in [-0.1, -0.05) is 42.5 Å². The molecule has 2 rings (SSSR count). The zero-order valence-electron chi connectivity index (χ0n) is 13.2. The molecule has 0 fully saturated rings. The zero-order valence-corrected chi connectivity index (χ0v) is 13.2. The fourth-order valence-electron chi connectivity index (χ4n) is 2.39. The van der Waals surface area contributed by atoms with E-state index in [0.717, 1.165) is 0 Å². The lowest BCUT2D eigenvalue weighted by Crippen LogP contribution is -2.47. The fourth-order valence-corrected chi connectivity index (χ4v) is 2.39. The monoisotopic (exact) mass is 330 g/mol. The molecule has 0 bridgehead atoms. The molecule has 0 spiro atoms. The Morgan fingerprint density at radius 1 is 1.17 bits per heavy atom. The number of rotatable bonds is 7. The van der Waals surface area contributed by atoms with Crippen LogP contribution in [0, 0.1) is 5.82 Å². The van der Waals surface area contributed by atoms with Crippen molar-refractivity contribution < 1.29 is 18.7 Å². The first-order valence-electron chi connectivity index (χ1n) is 7.43. The highest BCUT2D eigenvalue weighted by molar-refractivity contribution is 5.89. The second-order valence-corrected chi connectivity index (χ2v) is 5.32. The number of hydrogen-bond acceptors (Lipinski definition) is 3. The van der Waals surface area contributed by atoms with Crippen molar-refractivity contribution in [3.63, 3.8) is 0 Å². The van der Waals surface area contributed by atoms with E-state index in [2.05, 4.69) is 5.32 Å². The largest absolute Gasteiger partial charge is 0.368 e. The lowest BCUT2D eigenvalue weighted by atomic mass is 10.0. The Balaban J connectivity index is 2.11. The third kappa shape index (κ3) is 4.63. The highest BCUT2D eigenvalue weighted by Crippen LogP contribution is 2.17. The third-order valence-electron chi connectivity index (χ3n) is 3.56. The maximum absolute atomic E-state index is 13.3. The van der Waals surface area contributed by atoms with Gasteiger partial charge in [-0.05, 0) is 23.3 Å². The highest BCUT2D eigenvalue weighted by Gasteiger charge is 2.25. The number of primary amides is 1. The molecule has 0 unspecified atom stereocenters. The van der Waals surface area contributed by atoms with Gasteiger partial charge in [0.25, 0.3) is 5.91 Å². The van der Waals surface area contributed by atoms with Crippen LogP contribution in [0.1, 0.15) is 17.2 Å². The van der Waals surface area contributed by atoms with E-state index >= 15 is 0 Å². The molecule has 0 saturated carbocycles. The van der Waals surface area contributed by atoms with Crippen molar-refractivity contribution in [1.82, 2.24) is 5.32 Å². The predicted molar refractivity (Wildman–Crippen MR) is 87.4 cm³/mol. The van der Waals surface area contributed by atoms with E-state index in [1.165, 1.54) is 25.3 Å². The minimum Gasteiger partial charge on any atom is -0.368 e. The number of nitrogens with two attached hydrogens (primary N) is 1. The van der Waals surface area contributed by atoms with Gasteiger partial charge in [0.15, 0.2) is 6.10 Å². The number of nitrogens with one attached hydrogen (secondary N) is 1. The van der Waals surface area contributed by atoms with Gasteiger partial charge >= 0.3 is 0 Å².